The first-order valence-corrected chi connectivity index (χ1v) is 10.7. The van der Waals surface area contributed by atoms with Crippen molar-refractivity contribution >= 4 is 44.7 Å². The molecule has 0 N–H and O–H groups in total. The minimum Gasteiger partial charge on any atom is -0.353 e. The minimum absolute atomic E-state index is 0.137. The van der Waals surface area contributed by atoms with Gasteiger partial charge in [-0.25, -0.2) is 13.4 Å². The van der Waals surface area contributed by atoms with Crippen LogP contribution in [0, 0.1) is 0 Å². The van der Waals surface area contributed by atoms with E-state index in [0.29, 0.717) is 30.5 Å². The Hall–Kier alpha value is -1.68. The van der Waals surface area contributed by atoms with Crippen molar-refractivity contribution in [3.8, 4) is 0 Å². The third-order valence-electron chi connectivity index (χ3n) is 4.18. The average molecular weight is 415 g/mol. The second kappa shape index (κ2) is 7.91. The van der Waals surface area contributed by atoms with Crippen LogP contribution in [0.15, 0.2) is 40.7 Å². The van der Waals surface area contributed by atoms with E-state index in [0.717, 1.165) is 21.5 Å². The molecule has 1 fully saturated rings. The molecule has 1 aliphatic rings. The number of amides is 1. The highest BCUT2D eigenvalue weighted by molar-refractivity contribution is 7.91. The van der Waals surface area contributed by atoms with Crippen LogP contribution < -0.4 is 4.90 Å². The fourth-order valence-electron chi connectivity index (χ4n) is 2.69. The zero-order valence-corrected chi connectivity index (χ0v) is 16.6. The van der Waals surface area contributed by atoms with Gasteiger partial charge in [0, 0.05) is 39.4 Å². The van der Waals surface area contributed by atoms with Gasteiger partial charge < -0.3 is 9.80 Å². The number of hydrogen-bond acceptors (Lipinski definition) is 6. The summed E-state index contributed by atoms with van der Waals surface area (Å²) in [4.78, 5) is 20.6. The number of piperazine rings is 1. The van der Waals surface area contributed by atoms with Gasteiger partial charge in [-0.1, -0.05) is 17.7 Å². The van der Waals surface area contributed by atoms with Crippen LogP contribution in [0.2, 0.25) is 4.34 Å². The van der Waals surface area contributed by atoms with E-state index in [1.165, 1.54) is 19.2 Å². The summed E-state index contributed by atoms with van der Waals surface area (Å²) in [6.07, 6.45) is 1.74. The zero-order valence-electron chi connectivity index (χ0n) is 14.2. The van der Waals surface area contributed by atoms with Crippen molar-refractivity contribution in [2.45, 2.75) is 4.21 Å². The van der Waals surface area contributed by atoms with Crippen LogP contribution >= 0.6 is 22.9 Å². The second-order valence-corrected chi connectivity index (χ2v) is 9.86. The van der Waals surface area contributed by atoms with Gasteiger partial charge in [-0.15, -0.1) is 11.3 Å². The normalized spacial score (nSPS) is 15.5. The van der Waals surface area contributed by atoms with Crippen molar-refractivity contribution in [3.63, 3.8) is 0 Å². The maximum atomic E-state index is 12.5. The molecule has 0 aliphatic carbocycles. The molecule has 2 aromatic rings. The molecule has 1 amide bonds. The minimum atomic E-state index is -3.71. The van der Waals surface area contributed by atoms with Crippen molar-refractivity contribution in [3.05, 3.63) is 40.9 Å². The molecular weight excluding hydrogens is 396 g/mol. The summed E-state index contributed by atoms with van der Waals surface area (Å²) in [5.41, 5.74) is 0. The Morgan fingerprint density at radius 3 is 2.54 bits per heavy atom. The molecule has 7 nitrogen and oxygen atoms in total. The number of pyridine rings is 1. The topological polar surface area (TPSA) is 73.8 Å². The van der Waals surface area contributed by atoms with Gasteiger partial charge in [0.1, 0.15) is 10.0 Å². The number of thiophene rings is 1. The van der Waals surface area contributed by atoms with E-state index in [4.69, 9.17) is 11.6 Å². The van der Waals surface area contributed by atoms with Crippen molar-refractivity contribution in [2.75, 3.05) is 44.7 Å². The Labute approximate surface area is 161 Å². The quantitative estimate of drug-likeness (QED) is 0.745. The number of aromatic nitrogens is 1. The predicted molar refractivity (Wildman–Crippen MR) is 102 cm³/mol. The largest absolute Gasteiger partial charge is 0.353 e. The fourth-order valence-corrected chi connectivity index (χ4v) is 5.50. The molecule has 3 heterocycles. The van der Waals surface area contributed by atoms with Crippen LogP contribution in [-0.2, 0) is 14.8 Å². The summed E-state index contributed by atoms with van der Waals surface area (Å²) in [6, 6.07) is 8.71. The molecule has 0 saturated carbocycles. The first kappa shape index (κ1) is 19.1. The number of carbonyl (C=O) groups is 1. The van der Waals surface area contributed by atoms with E-state index in [1.54, 1.807) is 11.1 Å². The smallest absolute Gasteiger partial charge is 0.252 e. The van der Waals surface area contributed by atoms with Crippen molar-refractivity contribution < 1.29 is 13.2 Å². The van der Waals surface area contributed by atoms with Gasteiger partial charge in [0.2, 0.25) is 5.91 Å². The number of nitrogens with zero attached hydrogens (tertiary/aromatic N) is 4. The maximum absolute atomic E-state index is 12.5. The highest BCUT2D eigenvalue weighted by Crippen LogP contribution is 2.27. The Balaban J connectivity index is 1.57. The lowest BCUT2D eigenvalue weighted by Gasteiger charge is -2.36. The first-order chi connectivity index (χ1) is 12.4. The van der Waals surface area contributed by atoms with E-state index in [1.807, 2.05) is 18.2 Å². The van der Waals surface area contributed by atoms with Crippen LogP contribution in [0.1, 0.15) is 0 Å². The van der Waals surface area contributed by atoms with E-state index in [-0.39, 0.29) is 16.7 Å². The molecule has 0 atom stereocenters. The molecule has 10 heteroatoms. The van der Waals surface area contributed by atoms with Crippen LogP contribution in [0.5, 0.6) is 0 Å². The molecular formula is C16H19ClN4O3S2. The molecule has 140 valence electrons. The van der Waals surface area contributed by atoms with E-state index in [9.17, 15) is 13.2 Å². The summed E-state index contributed by atoms with van der Waals surface area (Å²) in [5.74, 6) is 0.674. The number of anilines is 1. The van der Waals surface area contributed by atoms with E-state index >= 15 is 0 Å². The lowest BCUT2D eigenvalue weighted by molar-refractivity contribution is -0.131. The number of hydrogen-bond donors (Lipinski definition) is 0. The van der Waals surface area contributed by atoms with Crippen molar-refractivity contribution in [1.82, 2.24) is 14.2 Å². The van der Waals surface area contributed by atoms with Crippen LogP contribution in [0.25, 0.3) is 0 Å². The highest BCUT2D eigenvalue weighted by atomic mass is 35.5. The summed E-state index contributed by atoms with van der Waals surface area (Å²) in [5, 5.41) is 0. The average Bonchev–Trinajstić information content (AvgIpc) is 3.09. The number of carbonyl (C=O) groups excluding carboxylic acids is 1. The number of rotatable bonds is 5. The van der Waals surface area contributed by atoms with Gasteiger partial charge >= 0.3 is 0 Å². The number of likely N-dealkylation sites (N-methyl/N-ethyl adjacent to an activating group) is 1. The molecule has 2 aromatic heterocycles. The van der Waals surface area contributed by atoms with Crippen LogP contribution in [0.3, 0.4) is 0 Å². The molecule has 1 aliphatic heterocycles. The van der Waals surface area contributed by atoms with Gasteiger partial charge in [-0.05, 0) is 24.3 Å². The third-order valence-corrected chi connectivity index (χ3v) is 7.68. The Bertz CT molecular complexity index is 865. The molecule has 0 radical (unpaired) electrons. The zero-order chi connectivity index (χ0) is 18.7. The molecule has 0 spiro atoms. The van der Waals surface area contributed by atoms with Gasteiger partial charge in [0.25, 0.3) is 10.0 Å². The Morgan fingerprint density at radius 1 is 1.23 bits per heavy atom. The number of halogens is 1. The summed E-state index contributed by atoms with van der Waals surface area (Å²) < 4.78 is 26.6. The molecule has 0 unspecified atom stereocenters. The molecule has 3 rings (SSSR count). The molecule has 0 bridgehead atoms. The first-order valence-electron chi connectivity index (χ1n) is 8.03. The maximum Gasteiger partial charge on any atom is 0.252 e. The Kier molecular flexibility index (Phi) is 5.81. The van der Waals surface area contributed by atoms with Gasteiger partial charge in [-0.2, -0.15) is 4.31 Å². The summed E-state index contributed by atoms with van der Waals surface area (Å²) in [6.45, 7) is 2.21. The number of sulfonamides is 1. The SMILES string of the molecule is CN(CC(=O)N1CCN(c2ccccn2)CC1)S(=O)(=O)c1ccc(Cl)s1. The highest BCUT2D eigenvalue weighted by Gasteiger charge is 2.28. The van der Waals surface area contributed by atoms with Crippen LogP contribution in [0.4, 0.5) is 5.82 Å². The van der Waals surface area contributed by atoms with Gasteiger partial charge in [-0.3, -0.25) is 4.79 Å². The fraction of sp³-hybridized carbons (Fsp3) is 0.375. The summed E-state index contributed by atoms with van der Waals surface area (Å²) >= 11 is 6.79. The third kappa shape index (κ3) is 4.17. The lowest BCUT2D eigenvalue weighted by atomic mass is 10.3. The van der Waals surface area contributed by atoms with Crippen molar-refractivity contribution in [1.29, 1.82) is 0 Å². The van der Waals surface area contributed by atoms with E-state index in [2.05, 4.69) is 9.88 Å². The Morgan fingerprint density at radius 2 is 1.96 bits per heavy atom. The second-order valence-electron chi connectivity index (χ2n) is 5.88. The molecule has 0 aromatic carbocycles. The lowest BCUT2D eigenvalue weighted by Crippen LogP contribution is -2.51. The molecule has 26 heavy (non-hydrogen) atoms. The monoisotopic (exact) mass is 414 g/mol. The van der Waals surface area contributed by atoms with E-state index < -0.39 is 10.0 Å². The molecule has 1 saturated heterocycles. The van der Waals surface area contributed by atoms with Crippen molar-refractivity contribution in [2.24, 2.45) is 0 Å². The predicted octanol–water partition coefficient (Wildman–Crippen LogP) is 1.77. The van der Waals surface area contributed by atoms with Crippen LogP contribution in [-0.4, -0.2) is 68.3 Å². The summed E-state index contributed by atoms with van der Waals surface area (Å²) in [7, 11) is -2.30. The van der Waals surface area contributed by atoms with Gasteiger partial charge in [0.15, 0.2) is 0 Å². The standard InChI is InChI=1S/C16H19ClN4O3S2/c1-19(26(23,24)16-6-5-13(17)25-16)12-15(22)21-10-8-20(9-11-21)14-4-2-3-7-18-14/h2-7H,8-12H2,1H3. The van der Waals surface area contributed by atoms with Gasteiger partial charge in [0.05, 0.1) is 10.9 Å².